The Kier molecular flexibility index (Phi) is 6.44. The van der Waals surface area contributed by atoms with Gasteiger partial charge in [0, 0.05) is 54.6 Å². The first-order valence-electron chi connectivity index (χ1n) is 11.2. The van der Waals surface area contributed by atoms with Gasteiger partial charge in [-0.05, 0) is 41.6 Å². The van der Waals surface area contributed by atoms with E-state index in [2.05, 4.69) is 22.1 Å². The average Bonchev–Trinajstić information content (AvgIpc) is 3.11. The van der Waals surface area contributed by atoms with Crippen molar-refractivity contribution in [3.05, 3.63) is 96.2 Å². The van der Waals surface area contributed by atoms with Crippen molar-refractivity contribution >= 4 is 16.7 Å². The highest BCUT2D eigenvalue weighted by atomic mass is 19.1. The maximum Gasteiger partial charge on any atom is 0.254 e. The number of benzene rings is 2. The van der Waals surface area contributed by atoms with Gasteiger partial charge in [0.05, 0.1) is 13.2 Å². The summed E-state index contributed by atoms with van der Waals surface area (Å²) >= 11 is 0. The second kappa shape index (κ2) is 9.97. The first-order chi connectivity index (χ1) is 16.7. The fraction of sp³-hybridized carbons (Fsp3) is 0.222. The van der Waals surface area contributed by atoms with E-state index in [0.717, 1.165) is 11.8 Å². The van der Waals surface area contributed by atoms with Gasteiger partial charge in [-0.15, -0.1) is 0 Å². The molecule has 1 saturated heterocycles. The van der Waals surface area contributed by atoms with Crippen molar-refractivity contribution in [1.29, 1.82) is 0 Å². The smallest absolute Gasteiger partial charge is 0.254 e. The predicted octanol–water partition coefficient (Wildman–Crippen LogP) is 4.89. The van der Waals surface area contributed by atoms with Crippen LogP contribution in [0.2, 0.25) is 0 Å². The molecule has 0 N–H and O–H groups in total. The summed E-state index contributed by atoms with van der Waals surface area (Å²) in [5, 5.41) is 2.27. The summed E-state index contributed by atoms with van der Waals surface area (Å²) in [7, 11) is 0. The predicted molar refractivity (Wildman–Crippen MR) is 126 cm³/mol. The van der Waals surface area contributed by atoms with Crippen molar-refractivity contribution in [2.45, 2.75) is 6.42 Å². The van der Waals surface area contributed by atoms with Crippen LogP contribution in [0.4, 0.5) is 4.39 Å². The molecule has 1 fully saturated rings. The summed E-state index contributed by atoms with van der Waals surface area (Å²) in [4.78, 5) is 23.5. The molecule has 0 aliphatic carbocycles. The first kappa shape index (κ1) is 22.0. The molecule has 4 aromatic rings. The molecule has 6 nitrogen and oxygen atoms in total. The molecule has 7 heteroatoms. The van der Waals surface area contributed by atoms with E-state index in [1.165, 1.54) is 29.3 Å². The summed E-state index contributed by atoms with van der Waals surface area (Å²) in [6.45, 7) is 2.14. The van der Waals surface area contributed by atoms with Crippen molar-refractivity contribution < 1.29 is 18.7 Å². The summed E-state index contributed by atoms with van der Waals surface area (Å²) in [6.07, 6.45) is 5.96. The number of nitrogens with zero attached hydrogens (tertiary/aromatic N) is 3. The zero-order valence-electron chi connectivity index (χ0n) is 18.6. The Morgan fingerprint density at radius 1 is 1.12 bits per heavy atom. The molecule has 0 radical (unpaired) electrons. The van der Waals surface area contributed by atoms with Gasteiger partial charge >= 0.3 is 0 Å². The lowest BCUT2D eigenvalue weighted by Gasteiger charge is -2.24. The van der Waals surface area contributed by atoms with Crippen molar-refractivity contribution in [2.24, 2.45) is 5.92 Å². The van der Waals surface area contributed by atoms with Crippen LogP contribution in [-0.2, 0) is 11.2 Å². The third-order valence-electron chi connectivity index (χ3n) is 5.94. The number of ether oxygens (including phenoxy) is 2. The lowest BCUT2D eigenvalue weighted by molar-refractivity contribution is 0.0737. The van der Waals surface area contributed by atoms with Crippen LogP contribution in [-0.4, -0.2) is 47.1 Å². The van der Waals surface area contributed by atoms with E-state index in [1.807, 2.05) is 23.2 Å². The van der Waals surface area contributed by atoms with Gasteiger partial charge in [0.15, 0.2) is 11.6 Å². The number of rotatable bonds is 5. The number of pyridine rings is 2. The third-order valence-corrected chi connectivity index (χ3v) is 5.94. The van der Waals surface area contributed by atoms with Crippen LogP contribution in [0.3, 0.4) is 0 Å². The molecule has 3 heterocycles. The summed E-state index contributed by atoms with van der Waals surface area (Å²) < 4.78 is 25.3. The van der Waals surface area contributed by atoms with Crippen LogP contribution in [0, 0.1) is 11.7 Å². The van der Waals surface area contributed by atoms with Crippen LogP contribution in [0.15, 0.2) is 79.3 Å². The number of aromatic nitrogens is 2. The largest absolute Gasteiger partial charge is 0.436 e. The number of carbonyl (C=O) groups excluding carboxylic acids is 1. The van der Waals surface area contributed by atoms with Crippen LogP contribution in [0.25, 0.3) is 10.8 Å². The Balaban J connectivity index is 1.32. The van der Waals surface area contributed by atoms with E-state index in [-0.39, 0.29) is 23.5 Å². The Hall–Kier alpha value is -3.84. The lowest BCUT2D eigenvalue weighted by atomic mass is 9.95. The van der Waals surface area contributed by atoms with E-state index in [4.69, 9.17) is 9.47 Å². The highest BCUT2D eigenvalue weighted by molar-refractivity contribution is 5.94. The number of fused-ring (bicyclic) bond motifs is 1. The molecule has 34 heavy (non-hydrogen) atoms. The standard InChI is InChI=1S/C27H24FN3O3/c28-24-6-1-2-7-25(24)34-26-15-21(8-11-30-26)27(32)31-12-13-33-18-19(17-31)14-20-4-3-5-22-16-29-10-9-23(20)22/h1-11,15-16,19H,12-14,17-18H2/t19-/m0/s1. The number of halogens is 1. The maximum atomic E-state index is 13.9. The van der Waals surface area contributed by atoms with Gasteiger partial charge in [-0.2, -0.15) is 0 Å². The second-order valence-corrected chi connectivity index (χ2v) is 8.33. The van der Waals surface area contributed by atoms with Crippen LogP contribution in [0.5, 0.6) is 11.6 Å². The minimum Gasteiger partial charge on any atom is -0.436 e. The molecule has 0 bridgehead atoms. The number of carbonyl (C=O) groups is 1. The van der Waals surface area contributed by atoms with Gasteiger partial charge in [0.1, 0.15) is 0 Å². The summed E-state index contributed by atoms with van der Waals surface area (Å²) in [6, 6.07) is 17.5. The molecule has 1 aliphatic heterocycles. The highest BCUT2D eigenvalue weighted by Crippen LogP contribution is 2.25. The van der Waals surface area contributed by atoms with Crippen LogP contribution >= 0.6 is 0 Å². The zero-order valence-corrected chi connectivity index (χ0v) is 18.6. The molecule has 1 amide bonds. The van der Waals surface area contributed by atoms with Crippen molar-refractivity contribution in [1.82, 2.24) is 14.9 Å². The normalized spacial score (nSPS) is 16.3. The topological polar surface area (TPSA) is 64.5 Å². The van der Waals surface area contributed by atoms with Gasteiger partial charge in [-0.1, -0.05) is 30.3 Å². The molecule has 2 aromatic carbocycles. The molecule has 2 aromatic heterocycles. The summed E-state index contributed by atoms with van der Waals surface area (Å²) in [5.74, 6) is -0.228. The SMILES string of the molecule is O=C(c1ccnc(Oc2ccccc2F)c1)N1CCOC[C@@H](Cc2cccc3cnccc23)C1. The number of hydrogen-bond acceptors (Lipinski definition) is 5. The highest BCUT2D eigenvalue weighted by Gasteiger charge is 2.24. The van der Waals surface area contributed by atoms with E-state index in [9.17, 15) is 9.18 Å². The van der Waals surface area contributed by atoms with Crippen molar-refractivity contribution in [3.63, 3.8) is 0 Å². The van der Waals surface area contributed by atoms with Crippen molar-refractivity contribution in [3.8, 4) is 11.6 Å². The fourth-order valence-corrected chi connectivity index (χ4v) is 4.29. The zero-order chi connectivity index (χ0) is 23.3. The average molecular weight is 458 g/mol. The minimum absolute atomic E-state index is 0.0631. The molecule has 0 unspecified atom stereocenters. The van der Waals surface area contributed by atoms with Gasteiger partial charge in [0.2, 0.25) is 5.88 Å². The Morgan fingerprint density at radius 3 is 2.94 bits per heavy atom. The molecule has 172 valence electrons. The Bertz CT molecular complexity index is 1310. The van der Waals surface area contributed by atoms with Gasteiger partial charge in [-0.3, -0.25) is 9.78 Å². The number of amides is 1. The number of para-hydroxylation sites is 1. The summed E-state index contributed by atoms with van der Waals surface area (Å²) in [5.41, 5.74) is 1.66. The fourth-order valence-electron chi connectivity index (χ4n) is 4.29. The first-order valence-corrected chi connectivity index (χ1v) is 11.2. The van der Waals surface area contributed by atoms with Crippen LogP contribution < -0.4 is 4.74 Å². The van der Waals surface area contributed by atoms with Crippen molar-refractivity contribution in [2.75, 3.05) is 26.3 Å². The van der Waals surface area contributed by atoms with E-state index in [0.29, 0.717) is 31.9 Å². The van der Waals surface area contributed by atoms with E-state index < -0.39 is 5.82 Å². The van der Waals surface area contributed by atoms with Gasteiger partial charge in [0.25, 0.3) is 5.91 Å². The molecule has 0 spiro atoms. The Labute approximate surface area is 197 Å². The molecule has 5 rings (SSSR count). The molecular weight excluding hydrogens is 433 g/mol. The van der Waals surface area contributed by atoms with Crippen LogP contribution in [0.1, 0.15) is 15.9 Å². The molecule has 0 saturated carbocycles. The quantitative estimate of drug-likeness (QED) is 0.427. The molecule has 1 aliphatic rings. The third kappa shape index (κ3) is 4.89. The van der Waals surface area contributed by atoms with E-state index in [1.54, 1.807) is 30.5 Å². The van der Waals surface area contributed by atoms with Gasteiger partial charge in [-0.25, -0.2) is 9.37 Å². The lowest BCUT2D eigenvalue weighted by Crippen LogP contribution is -2.36. The van der Waals surface area contributed by atoms with E-state index >= 15 is 0 Å². The monoisotopic (exact) mass is 457 g/mol. The Morgan fingerprint density at radius 2 is 2.03 bits per heavy atom. The number of hydrogen-bond donors (Lipinski definition) is 0. The molecular formula is C27H24FN3O3. The second-order valence-electron chi connectivity index (χ2n) is 8.33. The van der Waals surface area contributed by atoms with Gasteiger partial charge < -0.3 is 14.4 Å². The maximum absolute atomic E-state index is 13.9. The molecule has 1 atom stereocenters. The minimum atomic E-state index is -0.488.